The van der Waals surface area contributed by atoms with Gasteiger partial charge in [-0.2, -0.15) is 0 Å². The quantitative estimate of drug-likeness (QED) is 0.775. The average Bonchev–Trinajstić information content (AvgIpc) is 2.19. The molecule has 0 fully saturated rings. The van der Waals surface area contributed by atoms with Crippen molar-refractivity contribution < 1.29 is 13.2 Å². The van der Waals surface area contributed by atoms with E-state index in [9.17, 15) is 13.2 Å². The Balaban J connectivity index is 2.37. The molecule has 0 aromatic heterocycles. The van der Waals surface area contributed by atoms with Crippen molar-refractivity contribution in [3.63, 3.8) is 0 Å². The summed E-state index contributed by atoms with van der Waals surface area (Å²) in [5.41, 5.74) is 7.11. The second kappa shape index (κ2) is 5.82. The lowest BCUT2D eigenvalue weighted by atomic mass is 10.1. The molecule has 0 radical (unpaired) electrons. The summed E-state index contributed by atoms with van der Waals surface area (Å²) in [5, 5.41) is 0. The number of hydrogen-bond acceptors (Lipinski definition) is 4. The maximum Gasteiger partial charge on any atom is 0.147 e. The third kappa shape index (κ3) is 6.06. The molecule has 1 rings (SSSR count). The van der Waals surface area contributed by atoms with Crippen LogP contribution in [-0.2, 0) is 21.1 Å². The topological polar surface area (TPSA) is 77.2 Å². The van der Waals surface area contributed by atoms with Crippen molar-refractivity contribution in [3.05, 3.63) is 29.8 Å². The van der Waals surface area contributed by atoms with Gasteiger partial charge in [-0.05, 0) is 24.1 Å². The molecule has 2 N–H and O–H groups in total. The number of carbonyl (C=O) groups is 1. The van der Waals surface area contributed by atoms with E-state index in [1.807, 2.05) is 12.1 Å². The molecule has 0 aliphatic heterocycles. The summed E-state index contributed by atoms with van der Waals surface area (Å²) in [6.07, 6.45) is 2.21. The number of nitrogen functional groups attached to an aromatic ring is 1. The standard InChI is InChI=1S/C12H17NO3S/c1-17(15,16)8-2-3-12(14)9-10-4-6-11(13)7-5-10/h4-7H,2-3,8-9,13H2,1H3. The normalized spacial score (nSPS) is 11.4. The average molecular weight is 255 g/mol. The molecular formula is C12H17NO3S. The molecule has 4 nitrogen and oxygen atoms in total. The van der Waals surface area contributed by atoms with Gasteiger partial charge < -0.3 is 5.73 Å². The van der Waals surface area contributed by atoms with Gasteiger partial charge in [0.05, 0.1) is 5.75 Å². The Morgan fingerprint density at radius 2 is 1.82 bits per heavy atom. The highest BCUT2D eigenvalue weighted by atomic mass is 32.2. The van der Waals surface area contributed by atoms with Gasteiger partial charge in [0.15, 0.2) is 0 Å². The fourth-order valence-corrected chi connectivity index (χ4v) is 2.15. The molecule has 0 unspecified atom stereocenters. The molecule has 0 spiro atoms. The summed E-state index contributed by atoms with van der Waals surface area (Å²) >= 11 is 0. The van der Waals surface area contributed by atoms with E-state index in [0.29, 0.717) is 24.9 Å². The first-order valence-electron chi connectivity index (χ1n) is 5.41. The molecule has 0 bridgehead atoms. The van der Waals surface area contributed by atoms with Gasteiger partial charge in [-0.25, -0.2) is 8.42 Å². The predicted molar refractivity (Wildman–Crippen MR) is 68.5 cm³/mol. The van der Waals surface area contributed by atoms with Crippen LogP contribution >= 0.6 is 0 Å². The highest BCUT2D eigenvalue weighted by Crippen LogP contribution is 2.08. The van der Waals surface area contributed by atoms with Crippen LogP contribution in [0.4, 0.5) is 5.69 Å². The zero-order valence-electron chi connectivity index (χ0n) is 9.85. The molecule has 0 amide bonds. The minimum atomic E-state index is -2.97. The van der Waals surface area contributed by atoms with Gasteiger partial charge in [-0.1, -0.05) is 12.1 Å². The van der Waals surface area contributed by atoms with Crippen molar-refractivity contribution in [2.75, 3.05) is 17.7 Å². The van der Waals surface area contributed by atoms with Crippen LogP contribution in [0.1, 0.15) is 18.4 Å². The number of nitrogens with two attached hydrogens (primary N) is 1. The third-order valence-electron chi connectivity index (χ3n) is 2.35. The van der Waals surface area contributed by atoms with Crippen molar-refractivity contribution in [1.29, 1.82) is 0 Å². The first-order chi connectivity index (χ1) is 7.87. The lowest BCUT2D eigenvalue weighted by Crippen LogP contribution is -2.08. The Morgan fingerprint density at radius 3 is 2.35 bits per heavy atom. The second-order valence-electron chi connectivity index (χ2n) is 4.19. The second-order valence-corrected chi connectivity index (χ2v) is 6.45. The SMILES string of the molecule is CS(=O)(=O)CCCC(=O)Cc1ccc(N)cc1. The van der Waals surface area contributed by atoms with Gasteiger partial charge in [0, 0.05) is 24.8 Å². The fraction of sp³-hybridized carbons (Fsp3) is 0.417. The third-order valence-corrected chi connectivity index (χ3v) is 3.38. The molecule has 0 aliphatic rings. The number of sulfone groups is 1. The van der Waals surface area contributed by atoms with Gasteiger partial charge in [0.25, 0.3) is 0 Å². The summed E-state index contributed by atoms with van der Waals surface area (Å²) in [7, 11) is -2.97. The van der Waals surface area contributed by atoms with E-state index in [0.717, 1.165) is 5.56 Å². The zero-order chi connectivity index (χ0) is 12.9. The van der Waals surface area contributed by atoms with Crippen LogP contribution in [0.15, 0.2) is 24.3 Å². The maximum atomic E-state index is 11.6. The van der Waals surface area contributed by atoms with Crippen LogP contribution < -0.4 is 5.73 Å². The fourth-order valence-electron chi connectivity index (χ4n) is 1.48. The molecule has 1 aromatic rings. The van der Waals surface area contributed by atoms with Crippen LogP contribution in [0, 0.1) is 0 Å². The van der Waals surface area contributed by atoms with Gasteiger partial charge in [-0.3, -0.25) is 4.79 Å². The number of Topliss-reactive ketones (excluding diaryl/α,β-unsaturated/α-hetero) is 1. The van der Waals surface area contributed by atoms with Crippen molar-refractivity contribution in [2.45, 2.75) is 19.3 Å². The van der Waals surface area contributed by atoms with E-state index < -0.39 is 9.84 Å². The summed E-state index contributed by atoms with van der Waals surface area (Å²) in [5.74, 6) is 0.124. The predicted octanol–water partition coefficient (Wildman–Crippen LogP) is 1.21. The lowest BCUT2D eigenvalue weighted by molar-refractivity contribution is -0.118. The largest absolute Gasteiger partial charge is 0.399 e. The van der Waals surface area contributed by atoms with Gasteiger partial charge in [-0.15, -0.1) is 0 Å². The van der Waals surface area contributed by atoms with Crippen LogP contribution in [0.3, 0.4) is 0 Å². The van der Waals surface area contributed by atoms with Crippen LogP contribution in [0.2, 0.25) is 0 Å². The molecule has 0 heterocycles. The van der Waals surface area contributed by atoms with Crippen LogP contribution in [-0.4, -0.2) is 26.2 Å². The Kier molecular flexibility index (Phi) is 4.69. The van der Waals surface area contributed by atoms with E-state index in [1.165, 1.54) is 6.26 Å². The number of anilines is 1. The summed E-state index contributed by atoms with van der Waals surface area (Å²) < 4.78 is 21.8. The molecule has 94 valence electrons. The van der Waals surface area contributed by atoms with Crippen molar-refractivity contribution >= 4 is 21.3 Å². The van der Waals surface area contributed by atoms with Gasteiger partial charge in [0.2, 0.25) is 0 Å². The summed E-state index contributed by atoms with van der Waals surface area (Å²) in [6, 6.07) is 7.12. The minimum Gasteiger partial charge on any atom is -0.399 e. The number of benzene rings is 1. The number of carbonyl (C=O) groups excluding carboxylic acids is 1. The van der Waals surface area contributed by atoms with Crippen molar-refractivity contribution in [3.8, 4) is 0 Å². The molecule has 17 heavy (non-hydrogen) atoms. The Bertz CT molecular complexity index is 477. The first kappa shape index (κ1) is 13.7. The molecule has 0 aliphatic carbocycles. The van der Waals surface area contributed by atoms with E-state index in [2.05, 4.69) is 0 Å². The zero-order valence-corrected chi connectivity index (χ0v) is 10.7. The smallest absolute Gasteiger partial charge is 0.147 e. The Hall–Kier alpha value is -1.36. The van der Waals surface area contributed by atoms with E-state index >= 15 is 0 Å². The molecule has 1 aromatic carbocycles. The van der Waals surface area contributed by atoms with E-state index in [4.69, 9.17) is 5.73 Å². The molecule has 0 saturated carbocycles. The monoisotopic (exact) mass is 255 g/mol. The highest BCUT2D eigenvalue weighted by molar-refractivity contribution is 7.90. The number of ketones is 1. The number of hydrogen-bond donors (Lipinski definition) is 1. The maximum absolute atomic E-state index is 11.6. The summed E-state index contributed by atoms with van der Waals surface area (Å²) in [6.45, 7) is 0. The lowest BCUT2D eigenvalue weighted by Gasteiger charge is -2.02. The van der Waals surface area contributed by atoms with Crippen LogP contribution in [0.5, 0.6) is 0 Å². The number of rotatable bonds is 6. The Morgan fingerprint density at radius 1 is 1.24 bits per heavy atom. The summed E-state index contributed by atoms with van der Waals surface area (Å²) in [4.78, 5) is 11.6. The molecule has 0 atom stereocenters. The van der Waals surface area contributed by atoms with E-state index in [1.54, 1.807) is 12.1 Å². The first-order valence-corrected chi connectivity index (χ1v) is 7.47. The van der Waals surface area contributed by atoms with Crippen molar-refractivity contribution in [2.24, 2.45) is 0 Å². The molecular weight excluding hydrogens is 238 g/mol. The van der Waals surface area contributed by atoms with E-state index in [-0.39, 0.29) is 11.5 Å². The highest BCUT2D eigenvalue weighted by Gasteiger charge is 2.07. The molecule has 0 saturated heterocycles. The molecule has 5 heteroatoms. The van der Waals surface area contributed by atoms with Gasteiger partial charge in [0.1, 0.15) is 15.6 Å². The van der Waals surface area contributed by atoms with Crippen LogP contribution in [0.25, 0.3) is 0 Å². The van der Waals surface area contributed by atoms with Crippen molar-refractivity contribution in [1.82, 2.24) is 0 Å². The van der Waals surface area contributed by atoms with Gasteiger partial charge >= 0.3 is 0 Å². The minimum absolute atomic E-state index is 0.0541. The Labute approximate surface area is 102 Å².